The lowest BCUT2D eigenvalue weighted by Crippen LogP contribution is -2.46. The fourth-order valence-corrected chi connectivity index (χ4v) is 4.50. The van der Waals surface area contributed by atoms with Crippen LogP contribution < -0.4 is 10.9 Å². The zero-order valence-electron chi connectivity index (χ0n) is 20.2. The molecule has 2 aromatic rings. The van der Waals surface area contributed by atoms with Gasteiger partial charge in [-0.15, -0.1) is 0 Å². The maximum atomic E-state index is 13.1. The van der Waals surface area contributed by atoms with E-state index in [1.54, 1.807) is 27.8 Å². The number of hydrogen-bond donors (Lipinski definition) is 1. The number of carbonyl (C=O) groups is 2. The molecule has 7 nitrogen and oxygen atoms in total. The van der Waals surface area contributed by atoms with Crippen molar-refractivity contribution in [1.29, 1.82) is 0 Å². The van der Waals surface area contributed by atoms with Gasteiger partial charge in [0.25, 0.3) is 11.5 Å². The lowest BCUT2D eigenvalue weighted by Gasteiger charge is -2.33. The van der Waals surface area contributed by atoms with Gasteiger partial charge in [-0.1, -0.05) is 44.2 Å². The van der Waals surface area contributed by atoms with Crippen molar-refractivity contribution in [2.75, 3.05) is 40.3 Å². The summed E-state index contributed by atoms with van der Waals surface area (Å²) < 4.78 is 1.57. The Labute approximate surface area is 196 Å². The monoisotopic (exact) mass is 452 g/mol. The van der Waals surface area contributed by atoms with Crippen LogP contribution in [0.4, 0.5) is 0 Å². The molecule has 3 rings (SSSR count). The molecule has 1 fully saturated rings. The lowest BCUT2D eigenvalue weighted by molar-refractivity contribution is -0.126. The Morgan fingerprint density at radius 3 is 2.36 bits per heavy atom. The lowest BCUT2D eigenvalue weighted by atomic mass is 9.91. The number of likely N-dealkylation sites (tertiary alicyclic amines) is 1. The van der Waals surface area contributed by atoms with E-state index in [-0.39, 0.29) is 34.3 Å². The van der Waals surface area contributed by atoms with Crippen LogP contribution in [0.15, 0.2) is 53.5 Å². The van der Waals surface area contributed by atoms with E-state index in [0.29, 0.717) is 39.0 Å². The number of nitrogens with one attached hydrogen (secondary N) is 1. The average Bonchev–Trinajstić information content (AvgIpc) is 2.78. The molecule has 0 saturated carbocycles. The standard InChI is InChI=1S/C26H36N4O3/c1-26(2,19-28(3)4)18-27-23(31)21-12-15-29(16-13-21)24(32)22-11-8-14-30(25(22)33)17-20-9-6-5-7-10-20/h5-11,14,21H,12-13,15-19H2,1-4H3,(H,27,31). The largest absolute Gasteiger partial charge is 0.355 e. The molecule has 0 spiro atoms. The van der Waals surface area contributed by atoms with E-state index in [9.17, 15) is 14.4 Å². The van der Waals surface area contributed by atoms with E-state index in [1.165, 1.54) is 0 Å². The fourth-order valence-electron chi connectivity index (χ4n) is 4.50. The maximum absolute atomic E-state index is 13.1. The van der Waals surface area contributed by atoms with Crippen molar-refractivity contribution >= 4 is 11.8 Å². The third-order valence-electron chi connectivity index (χ3n) is 6.08. The molecule has 7 heteroatoms. The van der Waals surface area contributed by atoms with Crippen molar-refractivity contribution in [1.82, 2.24) is 19.7 Å². The Morgan fingerprint density at radius 1 is 1.06 bits per heavy atom. The Kier molecular flexibility index (Phi) is 8.08. The van der Waals surface area contributed by atoms with Gasteiger partial charge in [0.2, 0.25) is 5.91 Å². The molecule has 1 aliphatic rings. The Balaban J connectivity index is 1.57. The first kappa shape index (κ1) is 24.7. The zero-order chi connectivity index (χ0) is 24.0. The Morgan fingerprint density at radius 2 is 1.73 bits per heavy atom. The number of amides is 2. The molecule has 178 valence electrons. The van der Waals surface area contributed by atoms with Gasteiger partial charge < -0.3 is 19.7 Å². The Hall–Kier alpha value is -2.93. The average molecular weight is 453 g/mol. The molecule has 33 heavy (non-hydrogen) atoms. The molecule has 0 unspecified atom stereocenters. The molecular weight excluding hydrogens is 416 g/mol. The van der Waals surface area contributed by atoms with Crippen LogP contribution in [0.25, 0.3) is 0 Å². The first-order chi connectivity index (χ1) is 15.7. The van der Waals surface area contributed by atoms with Crippen molar-refractivity contribution in [2.24, 2.45) is 11.3 Å². The van der Waals surface area contributed by atoms with Gasteiger partial charge in [0, 0.05) is 38.3 Å². The van der Waals surface area contributed by atoms with Crippen molar-refractivity contribution in [2.45, 2.75) is 33.2 Å². The quantitative estimate of drug-likeness (QED) is 0.668. The highest BCUT2D eigenvalue weighted by Crippen LogP contribution is 2.20. The zero-order valence-corrected chi connectivity index (χ0v) is 20.2. The normalized spacial score (nSPS) is 15.0. The first-order valence-electron chi connectivity index (χ1n) is 11.6. The predicted octanol–water partition coefficient (Wildman–Crippen LogP) is 2.45. The molecular formula is C26H36N4O3. The summed E-state index contributed by atoms with van der Waals surface area (Å²) in [7, 11) is 4.05. The van der Waals surface area contributed by atoms with Gasteiger partial charge in [-0.2, -0.15) is 0 Å². The van der Waals surface area contributed by atoms with Gasteiger partial charge >= 0.3 is 0 Å². The molecule has 0 aliphatic carbocycles. The molecule has 1 aromatic heterocycles. The fraction of sp³-hybridized carbons (Fsp3) is 0.500. The number of aromatic nitrogens is 1. The van der Waals surface area contributed by atoms with E-state index >= 15 is 0 Å². The molecule has 2 heterocycles. The number of rotatable bonds is 8. The second-order valence-electron chi connectivity index (χ2n) is 10.0. The summed E-state index contributed by atoms with van der Waals surface area (Å²) in [6.07, 6.45) is 2.92. The second kappa shape index (κ2) is 10.8. The molecule has 1 saturated heterocycles. The second-order valence-corrected chi connectivity index (χ2v) is 10.0. The summed E-state index contributed by atoms with van der Waals surface area (Å²) in [5.41, 5.74) is 0.892. The van der Waals surface area contributed by atoms with Gasteiger partial charge in [0.05, 0.1) is 6.54 Å². The van der Waals surface area contributed by atoms with E-state index in [4.69, 9.17) is 0 Å². The molecule has 1 aliphatic heterocycles. The highest BCUT2D eigenvalue weighted by molar-refractivity contribution is 5.94. The van der Waals surface area contributed by atoms with Gasteiger partial charge in [0.15, 0.2) is 0 Å². The van der Waals surface area contributed by atoms with Crippen LogP contribution in [0.5, 0.6) is 0 Å². The SMILES string of the molecule is CN(C)CC(C)(C)CNC(=O)C1CCN(C(=O)c2cccn(Cc3ccccc3)c2=O)CC1. The Bertz CT molecular complexity index is 1010. The molecule has 0 radical (unpaired) electrons. The van der Waals surface area contributed by atoms with E-state index in [2.05, 4.69) is 24.1 Å². The van der Waals surface area contributed by atoms with Crippen molar-refractivity contribution < 1.29 is 9.59 Å². The van der Waals surface area contributed by atoms with Gasteiger partial charge in [-0.25, -0.2) is 0 Å². The van der Waals surface area contributed by atoms with Crippen LogP contribution in [-0.4, -0.2) is 66.5 Å². The van der Waals surface area contributed by atoms with Crippen LogP contribution in [0, 0.1) is 11.3 Å². The van der Waals surface area contributed by atoms with Gasteiger partial charge in [0.1, 0.15) is 5.56 Å². The summed E-state index contributed by atoms with van der Waals surface area (Å²) in [5, 5.41) is 3.09. The van der Waals surface area contributed by atoms with Crippen LogP contribution in [-0.2, 0) is 11.3 Å². The van der Waals surface area contributed by atoms with Crippen LogP contribution >= 0.6 is 0 Å². The maximum Gasteiger partial charge on any atom is 0.263 e. The smallest absolute Gasteiger partial charge is 0.263 e. The van der Waals surface area contributed by atoms with E-state index in [0.717, 1.165) is 12.1 Å². The van der Waals surface area contributed by atoms with E-state index < -0.39 is 0 Å². The van der Waals surface area contributed by atoms with Gasteiger partial charge in [-0.05, 0) is 50.0 Å². The van der Waals surface area contributed by atoms with E-state index in [1.807, 2.05) is 44.4 Å². The van der Waals surface area contributed by atoms with Crippen LogP contribution in [0.2, 0.25) is 0 Å². The summed E-state index contributed by atoms with van der Waals surface area (Å²) in [6, 6.07) is 13.0. The number of carbonyl (C=O) groups excluding carboxylic acids is 2. The summed E-state index contributed by atoms with van der Waals surface area (Å²) >= 11 is 0. The third kappa shape index (κ3) is 6.78. The minimum absolute atomic E-state index is 0.0111. The molecule has 1 aromatic carbocycles. The molecule has 0 bridgehead atoms. The summed E-state index contributed by atoms with van der Waals surface area (Å²) in [5.74, 6) is -0.304. The minimum atomic E-state index is -0.283. The van der Waals surface area contributed by atoms with Crippen LogP contribution in [0.3, 0.4) is 0 Å². The van der Waals surface area contributed by atoms with Crippen molar-refractivity contribution in [3.63, 3.8) is 0 Å². The number of piperidine rings is 1. The summed E-state index contributed by atoms with van der Waals surface area (Å²) in [4.78, 5) is 42.5. The number of pyridine rings is 1. The topological polar surface area (TPSA) is 74.7 Å². The van der Waals surface area contributed by atoms with Crippen molar-refractivity contribution in [3.8, 4) is 0 Å². The minimum Gasteiger partial charge on any atom is -0.355 e. The van der Waals surface area contributed by atoms with Crippen LogP contribution in [0.1, 0.15) is 42.6 Å². The first-order valence-corrected chi connectivity index (χ1v) is 11.6. The predicted molar refractivity (Wildman–Crippen MR) is 130 cm³/mol. The number of nitrogens with zero attached hydrogens (tertiary/aromatic N) is 3. The highest BCUT2D eigenvalue weighted by atomic mass is 16.2. The number of hydrogen-bond acceptors (Lipinski definition) is 4. The molecule has 2 amide bonds. The van der Waals surface area contributed by atoms with Gasteiger partial charge in [-0.3, -0.25) is 14.4 Å². The summed E-state index contributed by atoms with van der Waals surface area (Å²) in [6.45, 7) is 7.16. The van der Waals surface area contributed by atoms with Crippen molar-refractivity contribution in [3.05, 3.63) is 70.1 Å². The third-order valence-corrected chi connectivity index (χ3v) is 6.08. The number of benzene rings is 1. The molecule has 1 N–H and O–H groups in total. The highest BCUT2D eigenvalue weighted by Gasteiger charge is 2.30. The molecule has 0 atom stereocenters.